The zero-order chi connectivity index (χ0) is 6.91. The van der Waals surface area contributed by atoms with E-state index in [0.717, 1.165) is 6.07 Å². The van der Waals surface area contributed by atoms with Gasteiger partial charge in [0, 0.05) is 6.07 Å². The fourth-order valence-corrected chi connectivity index (χ4v) is 0.774. The van der Waals surface area contributed by atoms with E-state index in [-0.39, 0.29) is 0 Å². The largest absolute Gasteiger partial charge is 0.394 e. The lowest BCUT2D eigenvalue weighted by molar-refractivity contribution is 0.362. The first-order valence-corrected chi connectivity index (χ1v) is 3.69. The second kappa shape index (κ2) is 1.95. The van der Waals surface area contributed by atoms with E-state index in [9.17, 15) is 4.57 Å². The van der Waals surface area contributed by atoms with Crippen molar-refractivity contribution in [2.45, 2.75) is 0 Å². The predicted molar refractivity (Wildman–Crippen MR) is 28.2 cm³/mol. The Hall–Kier alpha value is -0.640. The van der Waals surface area contributed by atoms with Gasteiger partial charge in [-0.25, -0.2) is 0 Å². The number of aromatic nitrogens is 1. The van der Waals surface area contributed by atoms with Crippen LogP contribution in [-0.4, -0.2) is 14.9 Å². The fourth-order valence-electron chi connectivity index (χ4n) is 0.359. The molecular formula is C3H4NO4P. The van der Waals surface area contributed by atoms with E-state index in [2.05, 4.69) is 9.68 Å². The molecule has 50 valence electrons. The van der Waals surface area contributed by atoms with Crippen LogP contribution in [0.25, 0.3) is 0 Å². The Labute approximate surface area is 50.4 Å². The summed E-state index contributed by atoms with van der Waals surface area (Å²) in [5, 5.41) is 3.12. The van der Waals surface area contributed by atoms with E-state index >= 15 is 0 Å². The van der Waals surface area contributed by atoms with Gasteiger partial charge in [-0.1, -0.05) is 5.16 Å². The lowest BCUT2D eigenvalue weighted by atomic mass is 10.8. The van der Waals surface area contributed by atoms with Crippen LogP contribution in [0.5, 0.6) is 0 Å². The topological polar surface area (TPSA) is 83.6 Å². The summed E-state index contributed by atoms with van der Waals surface area (Å²) in [6, 6.07) is 1.13. The zero-order valence-corrected chi connectivity index (χ0v) is 5.15. The highest BCUT2D eigenvalue weighted by Gasteiger charge is 2.20. The van der Waals surface area contributed by atoms with Gasteiger partial charge in [-0.3, -0.25) is 4.57 Å². The number of hydrogen-bond donors (Lipinski definition) is 2. The average Bonchev–Trinajstić information content (AvgIpc) is 2.08. The standard InChI is InChI=1S/C3H4NO4P/c5-9(6,7)3-1-2-4-8-3/h1-2H,(H2,5,6,7). The minimum absolute atomic E-state index is 0.400. The monoisotopic (exact) mass is 149 g/mol. The maximum absolute atomic E-state index is 10.3. The van der Waals surface area contributed by atoms with Gasteiger partial charge in [-0.15, -0.1) is 0 Å². The van der Waals surface area contributed by atoms with E-state index in [1.165, 1.54) is 6.20 Å². The molecule has 0 saturated carbocycles. The smallest absolute Gasteiger partial charge is 0.348 e. The van der Waals surface area contributed by atoms with E-state index < -0.39 is 13.1 Å². The molecule has 0 unspecified atom stereocenters. The first-order chi connectivity index (χ1) is 4.11. The van der Waals surface area contributed by atoms with E-state index in [4.69, 9.17) is 9.79 Å². The van der Waals surface area contributed by atoms with Gasteiger partial charge in [0.2, 0.25) is 5.50 Å². The van der Waals surface area contributed by atoms with E-state index in [0.29, 0.717) is 0 Å². The Morgan fingerprint density at radius 1 is 1.67 bits per heavy atom. The lowest BCUT2D eigenvalue weighted by Gasteiger charge is -1.93. The molecule has 0 aliphatic carbocycles. The fraction of sp³-hybridized carbons (Fsp3) is 0. The molecule has 2 N–H and O–H groups in total. The van der Waals surface area contributed by atoms with E-state index in [1.807, 2.05) is 0 Å². The van der Waals surface area contributed by atoms with Gasteiger partial charge >= 0.3 is 7.60 Å². The Kier molecular flexibility index (Phi) is 1.40. The second-order valence-corrected chi connectivity index (χ2v) is 2.92. The van der Waals surface area contributed by atoms with Crippen molar-refractivity contribution < 1.29 is 18.9 Å². The van der Waals surface area contributed by atoms with Crippen molar-refractivity contribution in [1.29, 1.82) is 0 Å². The first kappa shape index (κ1) is 6.48. The summed E-state index contributed by atoms with van der Waals surface area (Å²) in [6.07, 6.45) is 1.18. The third-order valence-corrected chi connectivity index (χ3v) is 1.52. The molecule has 0 aliphatic heterocycles. The van der Waals surface area contributed by atoms with Gasteiger partial charge in [0.05, 0.1) is 6.20 Å². The molecule has 0 aliphatic rings. The van der Waals surface area contributed by atoms with Crippen molar-refractivity contribution in [3.05, 3.63) is 12.3 Å². The predicted octanol–water partition coefficient (Wildman–Crippen LogP) is -0.522. The summed E-state index contributed by atoms with van der Waals surface area (Å²) in [6.45, 7) is 0. The van der Waals surface area contributed by atoms with Crippen LogP contribution >= 0.6 is 7.60 Å². The number of rotatable bonds is 1. The summed E-state index contributed by atoms with van der Waals surface area (Å²) in [4.78, 5) is 16.7. The highest BCUT2D eigenvalue weighted by Crippen LogP contribution is 2.32. The number of hydrogen-bond acceptors (Lipinski definition) is 3. The second-order valence-electron chi connectivity index (χ2n) is 1.39. The van der Waals surface area contributed by atoms with Crippen molar-refractivity contribution >= 4 is 13.1 Å². The Morgan fingerprint density at radius 2 is 2.33 bits per heavy atom. The van der Waals surface area contributed by atoms with Gasteiger partial charge in [0.15, 0.2) is 0 Å². The molecule has 1 aromatic heterocycles. The Bertz CT molecular complexity index is 224. The van der Waals surface area contributed by atoms with Crippen molar-refractivity contribution in [3.8, 4) is 0 Å². The third kappa shape index (κ3) is 1.38. The van der Waals surface area contributed by atoms with Crippen molar-refractivity contribution in [2.75, 3.05) is 0 Å². The normalized spacial score (nSPS) is 11.8. The molecule has 0 atom stereocenters. The van der Waals surface area contributed by atoms with Crippen LogP contribution in [0, 0.1) is 0 Å². The third-order valence-electron chi connectivity index (χ3n) is 0.711. The summed E-state index contributed by atoms with van der Waals surface area (Å²) in [5.74, 6) is 0. The molecule has 1 aromatic rings. The molecule has 0 bridgehead atoms. The molecule has 0 fully saturated rings. The molecule has 0 saturated heterocycles. The quantitative estimate of drug-likeness (QED) is 0.524. The van der Waals surface area contributed by atoms with Gasteiger partial charge in [0.25, 0.3) is 0 Å². The molecule has 9 heavy (non-hydrogen) atoms. The van der Waals surface area contributed by atoms with Gasteiger partial charge in [-0.2, -0.15) is 0 Å². The molecule has 1 rings (SSSR count). The Balaban J connectivity index is 3.04. The van der Waals surface area contributed by atoms with Crippen molar-refractivity contribution in [3.63, 3.8) is 0 Å². The van der Waals surface area contributed by atoms with Crippen LogP contribution in [0.4, 0.5) is 0 Å². The minimum Gasteiger partial charge on any atom is -0.348 e. The van der Waals surface area contributed by atoms with Gasteiger partial charge < -0.3 is 14.3 Å². The van der Waals surface area contributed by atoms with Crippen LogP contribution < -0.4 is 5.50 Å². The lowest BCUT2D eigenvalue weighted by Crippen LogP contribution is -1.98. The van der Waals surface area contributed by atoms with Crippen molar-refractivity contribution in [1.82, 2.24) is 5.16 Å². The molecule has 0 spiro atoms. The molecule has 5 nitrogen and oxygen atoms in total. The van der Waals surface area contributed by atoms with Gasteiger partial charge in [0.1, 0.15) is 0 Å². The van der Waals surface area contributed by atoms with E-state index in [1.54, 1.807) is 0 Å². The minimum atomic E-state index is -4.20. The first-order valence-electron chi connectivity index (χ1n) is 2.07. The molecule has 0 amide bonds. The van der Waals surface area contributed by atoms with Crippen LogP contribution in [0.1, 0.15) is 0 Å². The summed E-state index contributed by atoms with van der Waals surface area (Å²) < 4.78 is 14.4. The maximum Gasteiger partial charge on any atom is 0.394 e. The molecule has 1 heterocycles. The zero-order valence-electron chi connectivity index (χ0n) is 4.26. The SMILES string of the molecule is O=P(O)(O)c1ccno1. The molecular weight excluding hydrogens is 145 g/mol. The number of nitrogens with zero attached hydrogens (tertiary/aromatic N) is 1. The van der Waals surface area contributed by atoms with Crippen LogP contribution in [0.3, 0.4) is 0 Å². The maximum atomic E-state index is 10.3. The summed E-state index contributed by atoms with van der Waals surface area (Å²) in [7, 11) is -4.20. The van der Waals surface area contributed by atoms with Crippen LogP contribution in [-0.2, 0) is 4.57 Å². The highest BCUT2D eigenvalue weighted by molar-refractivity contribution is 7.59. The summed E-state index contributed by atoms with van der Waals surface area (Å²) >= 11 is 0. The average molecular weight is 149 g/mol. The highest BCUT2D eigenvalue weighted by atomic mass is 31.2. The molecule has 0 radical (unpaired) electrons. The summed E-state index contributed by atoms with van der Waals surface area (Å²) in [5.41, 5.74) is -0.400. The van der Waals surface area contributed by atoms with Gasteiger partial charge in [-0.05, 0) is 0 Å². The van der Waals surface area contributed by atoms with Crippen LogP contribution in [0.2, 0.25) is 0 Å². The molecule has 0 aromatic carbocycles. The molecule has 6 heteroatoms. The van der Waals surface area contributed by atoms with Crippen LogP contribution in [0.15, 0.2) is 16.8 Å². The Morgan fingerprint density at radius 3 is 2.56 bits per heavy atom. The van der Waals surface area contributed by atoms with Crippen molar-refractivity contribution in [2.24, 2.45) is 0 Å².